The molecule has 1 aromatic carbocycles. The maximum atomic E-state index is 13.1. The number of ether oxygens (including phenoxy) is 1. The van der Waals surface area contributed by atoms with Gasteiger partial charge in [0, 0.05) is 6.54 Å². The highest BCUT2D eigenvalue weighted by atomic mass is 127. The summed E-state index contributed by atoms with van der Waals surface area (Å²) in [5, 5.41) is 0. The van der Waals surface area contributed by atoms with Crippen LogP contribution in [0.15, 0.2) is 29.2 Å². The van der Waals surface area contributed by atoms with Crippen LogP contribution in [-0.2, 0) is 14.8 Å². The highest BCUT2D eigenvalue weighted by Crippen LogP contribution is 2.44. The fraction of sp³-hybridized carbons (Fsp3) is 0.600. The van der Waals surface area contributed by atoms with E-state index in [0.29, 0.717) is 11.4 Å². The second-order valence-corrected chi connectivity index (χ2v) is 12.5. The molecule has 1 aliphatic heterocycles. The first-order valence-corrected chi connectivity index (χ1v) is 11.2. The number of hydrogen-bond donors (Lipinski definition) is 0. The van der Waals surface area contributed by atoms with E-state index >= 15 is 0 Å². The first kappa shape index (κ1) is 18.9. The van der Waals surface area contributed by atoms with Gasteiger partial charge in [0.05, 0.1) is 11.0 Å². The largest absolute Gasteiger partial charge is 0.355 e. The van der Waals surface area contributed by atoms with Crippen LogP contribution in [0.1, 0.15) is 32.3 Å². The minimum atomic E-state index is -3.55. The summed E-state index contributed by atoms with van der Waals surface area (Å²) >= 11 is 4.53. The van der Waals surface area contributed by atoms with Gasteiger partial charge >= 0.3 is 0 Å². The number of rotatable bonds is 5. The van der Waals surface area contributed by atoms with Gasteiger partial charge < -0.3 is 4.74 Å². The second kappa shape index (κ2) is 7.20. The van der Waals surface area contributed by atoms with Crippen molar-refractivity contribution in [2.24, 2.45) is 0 Å². The molecule has 0 aromatic heterocycles. The molecule has 0 N–H and O–H groups in total. The van der Waals surface area contributed by atoms with Gasteiger partial charge in [-0.3, -0.25) is 0 Å². The average molecular weight is 549 g/mol. The summed E-state index contributed by atoms with van der Waals surface area (Å²) in [6.45, 7) is 6.36. The molecule has 2 rings (SSSR count). The van der Waals surface area contributed by atoms with Crippen LogP contribution in [0.3, 0.4) is 0 Å². The average Bonchev–Trinajstić information content (AvgIpc) is 2.84. The number of benzene rings is 1. The van der Waals surface area contributed by atoms with E-state index in [1.54, 1.807) is 16.4 Å². The third kappa shape index (κ3) is 3.62. The maximum Gasteiger partial charge on any atom is 0.245 e. The molecule has 1 aliphatic rings. The lowest BCUT2D eigenvalue weighted by atomic mass is 10.2. The Morgan fingerprint density at radius 2 is 1.82 bits per heavy atom. The van der Waals surface area contributed by atoms with Crippen LogP contribution in [0.2, 0.25) is 0 Å². The van der Waals surface area contributed by atoms with Gasteiger partial charge in [0.25, 0.3) is 0 Å². The topological polar surface area (TPSA) is 46.6 Å². The van der Waals surface area contributed by atoms with Crippen molar-refractivity contribution in [3.05, 3.63) is 29.8 Å². The molecule has 0 radical (unpaired) electrons. The lowest BCUT2D eigenvalue weighted by molar-refractivity contribution is -0.114. The zero-order chi connectivity index (χ0) is 16.5. The molecule has 0 spiro atoms. The molecular formula is C15H21I2NO3S. The van der Waals surface area contributed by atoms with Crippen LogP contribution < -0.4 is 0 Å². The molecule has 1 saturated heterocycles. The van der Waals surface area contributed by atoms with Crippen LogP contribution in [-0.4, -0.2) is 33.0 Å². The van der Waals surface area contributed by atoms with Crippen molar-refractivity contribution in [3.63, 3.8) is 0 Å². The Bertz CT molecular complexity index is 616. The Kier molecular flexibility index (Phi) is 6.18. The zero-order valence-corrected chi connectivity index (χ0v) is 18.1. The lowest BCUT2D eigenvalue weighted by Gasteiger charge is -2.40. The molecule has 0 amide bonds. The van der Waals surface area contributed by atoms with Gasteiger partial charge in [-0.25, -0.2) is 8.42 Å². The standard InChI is InChI=1S/C15H21I2NO3S/c1-11(2)21-15(14(16)17)9-4-10-18(15)22(19,20)13-7-5-12(3)6-8-13/h5-8,11,14H,4,9-10H2,1-3H3. The van der Waals surface area contributed by atoms with Gasteiger partial charge in [-0.05, 0) is 45.7 Å². The molecule has 1 aromatic rings. The number of halogens is 2. The summed E-state index contributed by atoms with van der Waals surface area (Å²) in [6.07, 6.45) is 1.52. The van der Waals surface area contributed by atoms with Gasteiger partial charge in [0.15, 0.2) is 5.72 Å². The molecule has 1 unspecified atom stereocenters. The molecule has 0 saturated carbocycles. The summed E-state index contributed by atoms with van der Waals surface area (Å²) in [5.74, 6) is 0. The van der Waals surface area contributed by atoms with Gasteiger partial charge in [-0.2, -0.15) is 4.31 Å². The smallest absolute Gasteiger partial charge is 0.245 e. The van der Waals surface area contributed by atoms with Crippen molar-refractivity contribution in [2.45, 2.75) is 52.3 Å². The predicted molar refractivity (Wildman–Crippen MR) is 105 cm³/mol. The summed E-state index contributed by atoms with van der Waals surface area (Å²) in [7, 11) is -3.55. The number of sulfonamides is 1. The number of hydrogen-bond acceptors (Lipinski definition) is 3. The van der Waals surface area contributed by atoms with Crippen LogP contribution in [0, 0.1) is 6.92 Å². The Hall–Kier alpha value is 0.550. The Balaban J connectivity index is 2.45. The normalized spacial score (nSPS) is 23.6. The SMILES string of the molecule is Cc1ccc(S(=O)(=O)N2CCCC2(OC(C)C)C(I)I)cc1. The molecule has 1 atom stereocenters. The number of aryl methyl sites for hydroxylation is 1. The van der Waals surface area contributed by atoms with Crippen molar-refractivity contribution in [3.8, 4) is 0 Å². The molecule has 7 heteroatoms. The third-order valence-corrected chi connectivity index (χ3v) is 7.59. The Morgan fingerprint density at radius 3 is 2.32 bits per heavy atom. The van der Waals surface area contributed by atoms with Crippen molar-refractivity contribution in [1.82, 2.24) is 4.31 Å². The molecule has 0 aliphatic carbocycles. The maximum absolute atomic E-state index is 13.1. The van der Waals surface area contributed by atoms with Crippen molar-refractivity contribution < 1.29 is 13.2 Å². The van der Waals surface area contributed by atoms with E-state index < -0.39 is 15.7 Å². The fourth-order valence-corrected chi connectivity index (χ4v) is 6.46. The van der Waals surface area contributed by atoms with Gasteiger partial charge in [-0.1, -0.05) is 62.9 Å². The summed E-state index contributed by atoms with van der Waals surface area (Å²) in [4.78, 5) is 0.338. The Labute approximate surface area is 160 Å². The van der Waals surface area contributed by atoms with E-state index in [1.165, 1.54) is 0 Å². The second-order valence-electron chi connectivity index (χ2n) is 5.81. The van der Waals surface area contributed by atoms with Crippen LogP contribution in [0.5, 0.6) is 0 Å². The summed E-state index contributed by atoms with van der Waals surface area (Å²) in [6, 6.07) is 7.02. The minimum Gasteiger partial charge on any atom is -0.355 e. The number of nitrogens with zero attached hydrogens (tertiary/aromatic N) is 1. The third-order valence-electron chi connectivity index (χ3n) is 3.71. The molecule has 22 heavy (non-hydrogen) atoms. The van der Waals surface area contributed by atoms with E-state index in [2.05, 4.69) is 45.2 Å². The van der Waals surface area contributed by atoms with Crippen LogP contribution >= 0.6 is 45.2 Å². The molecular weight excluding hydrogens is 528 g/mol. The number of alkyl halides is 2. The van der Waals surface area contributed by atoms with Crippen molar-refractivity contribution in [1.29, 1.82) is 0 Å². The Morgan fingerprint density at radius 1 is 1.23 bits per heavy atom. The first-order chi connectivity index (χ1) is 10.2. The first-order valence-electron chi connectivity index (χ1n) is 7.25. The summed E-state index contributed by atoms with van der Waals surface area (Å²) in [5.41, 5.74) is 0.282. The van der Waals surface area contributed by atoms with Crippen molar-refractivity contribution >= 4 is 55.2 Å². The van der Waals surface area contributed by atoms with Crippen molar-refractivity contribution in [2.75, 3.05) is 6.54 Å². The van der Waals surface area contributed by atoms with Gasteiger partial charge in [0.2, 0.25) is 10.0 Å². The highest BCUT2D eigenvalue weighted by molar-refractivity contribution is 14.2. The predicted octanol–water partition coefficient (Wildman–Crippen LogP) is 4.10. The quantitative estimate of drug-likeness (QED) is 0.411. The molecule has 4 nitrogen and oxygen atoms in total. The monoisotopic (exact) mass is 549 g/mol. The fourth-order valence-electron chi connectivity index (χ4n) is 2.75. The minimum absolute atomic E-state index is 0.0270. The lowest BCUT2D eigenvalue weighted by Crippen LogP contribution is -2.54. The van der Waals surface area contributed by atoms with Crippen LogP contribution in [0.25, 0.3) is 0 Å². The van der Waals surface area contributed by atoms with Gasteiger partial charge in [-0.15, -0.1) is 0 Å². The molecule has 124 valence electrons. The van der Waals surface area contributed by atoms with E-state index in [9.17, 15) is 8.42 Å². The molecule has 0 bridgehead atoms. The molecule has 1 fully saturated rings. The summed E-state index contributed by atoms with van der Waals surface area (Å²) < 4.78 is 33.9. The van der Waals surface area contributed by atoms with E-state index in [-0.39, 0.29) is 8.04 Å². The zero-order valence-electron chi connectivity index (χ0n) is 12.9. The van der Waals surface area contributed by atoms with E-state index in [0.717, 1.165) is 18.4 Å². The van der Waals surface area contributed by atoms with E-state index in [4.69, 9.17) is 4.74 Å². The molecule has 1 heterocycles. The van der Waals surface area contributed by atoms with Crippen LogP contribution in [0.4, 0.5) is 0 Å². The highest BCUT2D eigenvalue weighted by Gasteiger charge is 2.52. The van der Waals surface area contributed by atoms with E-state index in [1.807, 2.05) is 32.9 Å². The van der Waals surface area contributed by atoms with Gasteiger partial charge in [0.1, 0.15) is 1.93 Å².